The molecule has 0 atom stereocenters. The summed E-state index contributed by atoms with van der Waals surface area (Å²) in [6.45, 7) is 0.307. The summed E-state index contributed by atoms with van der Waals surface area (Å²) in [4.78, 5) is 18.7. The van der Waals surface area contributed by atoms with Gasteiger partial charge in [-0.2, -0.15) is 0 Å². The number of carbonyl (C=O) groups is 1. The van der Waals surface area contributed by atoms with Gasteiger partial charge in [-0.25, -0.2) is 0 Å². The molecule has 82 valence electrons. The number of nitrogens with zero attached hydrogens (tertiary/aromatic N) is 3. The Kier molecular flexibility index (Phi) is 3.49. The van der Waals surface area contributed by atoms with Crippen LogP contribution < -0.4 is 10.6 Å². The van der Waals surface area contributed by atoms with E-state index >= 15 is 0 Å². The molecule has 0 aliphatic heterocycles. The molecule has 1 amide bonds. The number of pyridine rings is 1. The van der Waals surface area contributed by atoms with Crippen molar-refractivity contribution < 1.29 is 4.79 Å². The smallest absolute Gasteiger partial charge is 0.241 e. The third-order valence-corrected chi connectivity index (χ3v) is 2.11. The molecule has 1 heterocycles. The summed E-state index contributed by atoms with van der Waals surface area (Å²) in [5.41, 5.74) is 7.14. The van der Waals surface area contributed by atoms with Crippen LogP contribution in [-0.2, 0) is 4.79 Å². The van der Waals surface area contributed by atoms with Crippen LogP contribution in [-0.4, -0.2) is 43.5 Å². The molecular weight excluding hydrogens is 192 g/mol. The Balaban J connectivity index is 2.73. The average Bonchev–Trinajstić information content (AvgIpc) is 2.18. The predicted molar refractivity (Wildman–Crippen MR) is 60.6 cm³/mol. The first-order valence-electron chi connectivity index (χ1n) is 4.63. The van der Waals surface area contributed by atoms with E-state index in [9.17, 15) is 4.79 Å². The van der Waals surface area contributed by atoms with Crippen LogP contribution in [0.2, 0.25) is 0 Å². The Morgan fingerprint density at radius 2 is 2.13 bits per heavy atom. The number of hydrogen-bond donors (Lipinski definition) is 1. The Hall–Kier alpha value is -1.78. The first kappa shape index (κ1) is 11.3. The summed E-state index contributed by atoms with van der Waals surface area (Å²) in [7, 11) is 5.28. The number of hydrogen-bond acceptors (Lipinski definition) is 4. The molecule has 0 unspecified atom stereocenters. The van der Waals surface area contributed by atoms with E-state index in [1.54, 1.807) is 42.4 Å². The molecule has 1 rings (SSSR count). The van der Waals surface area contributed by atoms with Crippen LogP contribution in [0.5, 0.6) is 0 Å². The van der Waals surface area contributed by atoms with Crippen molar-refractivity contribution in [2.45, 2.75) is 0 Å². The Morgan fingerprint density at radius 3 is 2.67 bits per heavy atom. The van der Waals surface area contributed by atoms with E-state index in [1.165, 1.54) is 0 Å². The van der Waals surface area contributed by atoms with Gasteiger partial charge in [0.1, 0.15) is 0 Å². The molecule has 0 radical (unpaired) electrons. The Morgan fingerprint density at radius 1 is 1.47 bits per heavy atom. The topological polar surface area (TPSA) is 62.5 Å². The number of amides is 1. The van der Waals surface area contributed by atoms with E-state index < -0.39 is 0 Å². The molecule has 0 bridgehead atoms. The van der Waals surface area contributed by atoms with Gasteiger partial charge in [-0.15, -0.1) is 0 Å². The molecule has 0 saturated heterocycles. The van der Waals surface area contributed by atoms with E-state index in [2.05, 4.69) is 4.98 Å². The lowest BCUT2D eigenvalue weighted by Crippen LogP contribution is -2.34. The predicted octanol–water partition coefficient (Wildman–Crippen LogP) is 0.188. The van der Waals surface area contributed by atoms with E-state index in [0.29, 0.717) is 12.2 Å². The van der Waals surface area contributed by atoms with Crippen molar-refractivity contribution in [3.8, 4) is 0 Å². The van der Waals surface area contributed by atoms with E-state index in [0.717, 1.165) is 5.69 Å². The average molecular weight is 208 g/mol. The zero-order valence-corrected chi connectivity index (χ0v) is 9.27. The van der Waals surface area contributed by atoms with Gasteiger partial charge in [0, 0.05) is 27.3 Å². The second-order valence-electron chi connectivity index (χ2n) is 3.58. The lowest BCUT2D eigenvalue weighted by Gasteiger charge is -2.21. The minimum Gasteiger partial charge on any atom is -0.396 e. The van der Waals surface area contributed by atoms with Gasteiger partial charge < -0.3 is 15.5 Å². The lowest BCUT2D eigenvalue weighted by atomic mass is 10.3. The second kappa shape index (κ2) is 4.63. The first-order chi connectivity index (χ1) is 7.02. The maximum absolute atomic E-state index is 11.5. The largest absolute Gasteiger partial charge is 0.396 e. The summed E-state index contributed by atoms with van der Waals surface area (Å²) in [6, 6.07) is 1.79. The molecule has 1 aromatic rings. The van der Waals surface area contributed by atoms with Crippen molar-refractivity contribution in [2.75, 3.05) is 38.3 Å². The van der Waals surface area contributed by atoms with Crippen LogP contribution in [0, 0.1) is 0 Å². The third-order valence-electron chi connectivity index (χ3n) is 2.11. The normalized spacial score (nSPS) is 9.80. The highest BCUT2D eigenvalue weighted by Crippen LogP contribution is 2.19. The zero-order valence-electron chi connectivity index (χ0n) is 9.27. The number of nitrogens with two attached hydrogens (primary N) is 1. The molecule has 2 N–H and O–H groups in total. The van der Waals surface area contributed by atoms with Crippen molar-refractivity contribution in [3.63, 3.8) is 0 Å². The molecule has 0 aromatic carbocycles. The van der Waals surface area contributed by atoms with E-state index in [-0.39, 0.29) is 5.91 Å². The number of likely N-dealkylation sites (N-methyl/N-ethyl adjacent to an activating group) is 2. The molecule has 0 fully saturated rings. The number of carbonyl (C=O) groups excluding carboxylic acids is 1. The van der Waals surface area contributed by atoms with Gasteiger partial charge in [0.25, 0.3) is 0 Å². The lowest BCUT2D eigenvalue weighted by molar-refractivity contribution is -0.127. The molecule has 5 nitrogen and oxygen atoms in total. The molecular formula is C10H16N4O. The monoisotopic (exact) mass is 208 g/mol. The van der Waals surface area contributed by atoms with Crippen molar-refractivity contribution in [1.29, 1.82) is 0 Å². The van der Waals surface area contributed by atoms with Crippen LogP contribution >= 0.6 is 0 Å². The van der Waals surface area contributed by atoms with Gasteiger partial charge in [0.2, 0.25) is 5.91 Å². The summed E-state index contributed by atoms with van der Waals surface area (Å²) in [5.74, 6) is 0.0358. The van der Waals surface area contributed by atoms with Gasteiger partial charge in [-0.3, -0.25) is 9.78 Å². The van der Waals surface area contributed by atoms with E-state index in [4.69, 9.17) is 5.73 Å². The molecule has 0 spiro atoms. The summed E-state index contributed by atoms with van der Waals surface area (Å²) in [6.07, 6.45) is 3.23. The maximum Gasteiger partial charge on any atom is 0.241 e. The maximum atomic E-state index is 11.5. The van der Waals surface area contributed by atoms with Crippen molar-refractivity contribution in [2.24, 2.45) is 0 Å². The number of aromatic nitrogens is 1. The minimum atomic E-state index is 0.0358. The quantitative estimate of drug-likeness (QED) is 0.770. The number of anilines is 2. The number of nitrogen functional groups attached to an aromatic ring is 1. The molecule has 1 aromatic heterocycles. The van der Waals surface area contributed by atoms with Gasteiger partial charge in [-0.1, -0.05) is 0 Å². The fraction of sp³-hybridized carbons (Fsp3) is 0.400. The van der Waals surface area contributed by atoms with Crippen molar-refractivity contribution in [3.05, 3.63) is 18.5 Å². The summed E-state index contributed by atoms with van der Waals surface area (Å²) < 4.78 is 0. The van der Waals surface area contributed by atoms with Crippen LogP contribution in [0.3, 0.4) is 0 Å². The van der Waals surface area contributed by atoms with Gasteiger partial charge in [0.15, 0.2) is 0 Å². The Labute approximate surface area is 89.5 Å². The van der Waals surface area contributed by atoms with E-state index in [1.807, 2.05) is 7.05 Å². The highest BCUT2D eigenvalue weighted by Gasteiger charge is 2.10. The molecule has 0 saturated carbocycles. The van der Waals surface area contributed by atoms with Crippen LogP contribution in [0.4, 0.5) is 11.4 Å². The molecule has 0 aliphatic carbocycles. The van der Waals surface area contributed by atoms with Crippen molar-refractivity contribution >= 4 is 17.3 Å². The van der Waals surface area contributed by atoms with Gasteiger partial charge in [0.05, 0.1) is 24.1 Å². The van der Waals surface area contributed by atoms with Gasteiger partial charge >= 0.3 is 0 Å². The summed E-state index contributed by atoms with van der Waals surface area (Å²) in [5, 5.41) is 0. The fourth-order valence-corrected chi connectivity index (χ4v) is 1.18. The molecule has 5 heteroatoms. The van der Waals surface area contributed by atoms with Crippen molar-refractivity contribution in [1.82, 2.24) is 9.88 Å². The van der Waals surface area contributed by atoms with Gasteiger partial charge in [-0.05, 0) is 6.07 Å². The highest BCUT2D eigenvalue weighted by atomic mass is 16.2. The zero-order chi connectivity index (χ0) is 11.4. The SMILES string of the molecule is CN(C)C(=O)CN(C)c1ccncc1N. The molecule has 15 heavy (non-hydrogen) atoms. The third kappa shape index (κ3) is 2.83. The highest BCUT2D eigenvalue weighted by molar-refractivity contribution is 5.82. The Bertz CT molecular complexity index is 351. The molecule has 0 aliphatic rings. The minimum absolute atomic E-state index is 0.0358. The van der Waals surface area contributed by atoms with Crippen LogP contribution in [0.25, 0.3) is 0 Å². The standard InChI is InChI=1S/C10H16N4O/c1-13(2)10(15)7-14(3)9-4-5-12-6-8(9)11/h4-6H,7,11H2,1-3H3. The number of rotatable bonds is 3. The van der Waals surface area contributed by atoms with Crippen LogP contribution in [0.15, 0.2) is 18.5 Å². The summed E-state index contributed by atoms with van der Waals surface area (Å²) >= 11 is 0. The fourth-order valence-electron chi connectivity index (χ4n) is 1.18. The van der Waals surface area contributed by atoms with Crippen LogP contribution in [0.1, 0.15) is 0 Å². The second-order valence-corrected chi connectivity index (χ2v) is 3.58. The first-order valence-corrected chi connectivity index (χ1v) is 4.63.